The minimum absolute atomic E-state index is 0.0190. The summed E-state index contributed by atoms with van der Waals surface area (Å²) in [4.78, 5) is 13.7. The lowest BCUT2D eigenvalue weighted by Gasteiger charge is -2.19. The van der Waals surface area contributed by atoms with Crippen molar-refractivity contribution in [1.29, 1.82) is 0 Å². The molecule has 0 amide bonds. The van der Waals surface area contributed by atoms with Gasteiger partial charge in [0.25, 0.3) is 0 Å². The van der Waals surface area contributed by atoms with Crippen LogP contribution in [0.4, 0.5) is 4.39 Å². The summed E-state index contributed by atoms with van der Waals surface area (Å²) < 4.78 is 19.4. The van der Waals surface area contributed by atoms with Crippen molar-refractivity contribution in [3.8, 4) is 17.0 Å². The van der Waals surface area contributed by atoms with E-state index in [9.17, 15) is 9.18 Å². The van der Waals surface area contributed by atoms with Crippen LogP contribution in [-0.2, 0) is 10.2 Å². The lowest BCUT2D eigenvalue weighted by Crippen LogP contribution is -2.10. The predicted molar refractivity (Wildman–Crippen MR) is 95.5 cm³/mol. The van der Waals surface area contributed by atoms with Gasteiger partial charge in [-0.15, -0.1) is 0 Å². The molecular weight excluding hydrogens is 321 g/mol. The average molecular weight is 341 g/mol. The zero-order chi connectivity index (χ0) is 18.2. The molecule has 0 radical (unpaired) electrons. The Morgan fingerprint density at radius 1 is 1.20 bits per heavy atom. The van der Waals surface area contributed by atoms with Crippen molar-refractivity contribution in [1.82, 2.24) is 4.98 Å². The van der Waals surface area contributed by atoms with Gasteiger partial charge >= 0.3 is 5.97 Å². The van der Waals surface area contributed by atoms with Crippen molar-refractivity contribution in [3.63, 3.8) is 0 Å². The summed E-state index contributed by atoms with van der Waals surface area (Å²) in [5.74, 6) is -1.38. The monoisotopic (exact) mass is 341 g/mol. The van der Waals surface area contributed by atoms with E-state index in [-0.39, 0.29) is 11.2 Å². The number of aromatic amines is 1. The molecule has 0 saturated heterocycles. The van der Waals surface area contributed by atoms with E-state index in [2.05, 4.69) is 37.9 Å². The Labute approximate surface area is 145 Å². The summed E-state index contributed by atoms with van der Waals surface area (Å²) in [5.41, 5.74) is 3.35. The summed E-state index contributed by atoms with van der Waals surface area (Å²) in [6, 6.07) is 12.8. The van der Waals surface area contributed by atoms with Crippen LogP contribution in [0.2, 0.25) is 0 Å². The van der Waals surface area contributed by atoms with Crippen molar-refractivity contribution >= 4 is 16.9 Å². The fourth-order valence-corrected chi connectivity index (χ4v) is 2.71. The Balaban J connectivity index is 2.01. The first-order valence-corrected chi connectivity index (χ1v) is 8.02. The molecule has 2 aromatic carbocycles. The summed E-state index contributed by atoms with van der Waals surface area (Å²) in [6.07, 6.45) is 0. The molecule has 0 aliphatic carbocycles. The van der Waals surface area contributed by atoms with Crippen molar-refractivity contribution < 1.29 is 19.0 Å². The number of nitrogens with one attached hydrogen (secondary N) is 1. The first-order chi connectivity index (χ1) is 11.7. The van der Waals surface area contributed by atoms with Crippen molar-refractivity contribution in [2.24, 2.45) is 0 Å². The van der Waals surface area contributed by atoms with Gasteiger partial charge in [-0.05, 0) is 34.7 Å². The molecule has 0 aliphatic heterocycles. The molecule has 3 rings (SSSR count). The molecule has 5 heteroatoms. The summed E-state index contributed by atoms with van der Waals surface area (Å²) in [5, 5.41) is 9.31. The molecule has 1 heterocycles. The van der Waals surface area contributed by atoms with Gasteiger partial charge in [-0.1, -0.05) is 39.0 Å². The number of carbonyl (C=O) groups is 1. The van der Waals surface area contributed by atoms with Gasteiger partial charge in [0, 0.05) is 17.1 Å². The number of H-pyrrole nitrogens is 1. The maximum atomic E-state index is 14.3. The molecule has 130 valence electrons. The molecule has 0 spiro atoms. The third kappa shape index (κ3) is 3.65. The maximum absolute atomic E-state index is 14.3. The topological polar surface area (TPSA) is 62.3 Å². The first-order valence-electron chi connectivity index (χ1n) is 8.02. The largest absolute Gasteiger partial charge is 0.482 e. The van der Waals surface area contributed by atoms with Crippen LogP contribution in [0.25, 0.3) is 22.2 Å². The highest BCUT2D eigenvalue weighted by molar-refractivity contribution is 5.87. The first kappa shape index (κ1) is 17.0. The van der Waals surface area contributed by atoms with E-state index in [0.29, 0.717) is 10.9 Å². The number of hydrogen-bond donors (Lipinski definition) is 2. The third-order valence-corrected chi connectivity index (χ3v) is 4.06. The van der Waals surface area contributed by atoms with Crippen molar-refractivity contribution in [2.45, 2.75) is 26.2 Å². The minimum Gasteiger partial charge on any atom is -0.482 e. The second-order valence-corrected chi connectivity index (χ2v) is 7.07. The number of fused-ring (bicyclic) bond motifs is 1. The van der Waals surface area contributed by atoms with E-state index < -0.39 is 18.4 Å². The Morgan fingerprint density at radius 3 is 2.64 bits per heavy atom. The van der Waals surface area contributed by atoms with E-state index >= 15 is 0 Å². The highest BCUT2D eigenvalue weighted by Gasteiger charge is 2.15. The van der Waals surface area contributed by atoms with Crippen molar-refractivity contribution in [2.75, 3.05) is 6.61 Å². The molecule has 0 atom stereocenters. The zero-order valence-corrected chi connectivity index (χ0v) is 14.4. The van der Waals surface area contributed by atoms with Gasteiger partial charge in [-0.3, -0.25) is 0 Å². The van der Waals surface area contributed by atoms with E-state index in [0.717, 1.165) is 11.3 Å². The van der Waals surface area contributed by atoms with Gasteiger partial charge in [-0.2, -0.15) is 0 Å². The van der Waals surface area contributed by atoms with E-state index in [1.807, 2.05) is 18.2 Å². The smallest absolute Gasteiger partial charge is 0.341 e. The molecule has 2 N–H and O–H groups in total. The molecule has 0 fully saturated rings. The number of benzene rings is 2. The van der Waals surface area contributed by atoms with Gasteiger partial charge in [0.05, 0.1) is 5.52 Å². The SMILES string of the molecule is CC(C)(C)c1cccc(-c2cc3cc(OCC(=O)O)cc(F)c3[nH]2)c1. The molecule has 25 heavy (non-hydrogen) atoms. The number of halogens is 1. The lowest BCUT2D eigenvalue weighted by molar-refractivity contribution is -0.139. The van der Waals surface area contributed by atoms with Crippen LogP contribution in [0.15, 0.2) is 42.5 Å². The van der Waals surface area contributed by atoms with Crippen molar-refractivity contribution in [3.05, 3.63) is 53.8 Å². The second kappa shape index (κ2) is 6.24. The van der Waals surface area contributed by atoms with Crippen LogP contribution in [-0.4, -0.2) is 22.7 Å². The molecule has 0 aliphatic rings. The molecule has 0 unspecified atom stereocenters. The number of rotatable bonds is 4. The molecule has 0 saturated carbocycles. The molecular formula is C20H20FNO3. The number of aromatic nitrogens is 1. The van der Waals surface area contributed by atoms with Crippen LogP contribution in [0, 0.1) is 5.82 Å². The number of ether oxygens (including phenoxy) is 1. The third-order valence-electron chi connectivity index (χ3n) is 4.06. The lowest BCUT2D eigenvalue weighted by atomic mass is 9.86. The van der Waals surface area contributed by atoms with Crippen LogP contribution >= 0.6 is 0 Å². The van der Waals surface area contributed by atoms with Crippen LogP contribution in [0.3, 0.4) is 0 Å². The van der Waals surface area contributed by atoms with E-state index in [4.69, 9.17) is 9.84 Å². The fourth-order valence-electron chi connectivity index (χ4n) is 2.71. The van der Waals surface area contributed by atoms with Gasteiger partial charge in [-0.25, -0.2) is 9.18 Å². The summed E-state index contributed by atoms with van der Waals surface area (Å²) in [6.45, 7) is 5.92. The normalized spacial score (nSPS) is 11.7. The number of aliphatic carboxylic acids is 1. The average Bonchev–Trinajstić information content (AvgIpc) is 2.97. The standard InChI is InChI=1S/C20H20FNO3/c1-20(2,3)14-6-4-5-12(7-14)17-9-13-8-15(25-11-18(23)24)10-16(21)19(13)22-17/h4-10,22H,11H2,1-3H3,(H,23,24). The van der Waals surface area contributed by atoms with Gasteiger partial charge in [0.2, 0.25) is 0 Å². The maximum Gasteiger partial charge on any atom is 0.341 e. The Kier molecular flexibility index (Phi) is 4.25. The quantitative estimate of drug-likeness (QED) is 0.721. The number of carboxylic acids is 1. The summed E-state index contributed by atoms with van der Waals surface area (Å²) >= 11 is 0. The highest BCUT2D eigenvalue weighted by atomic mass is 19.1. The number of carboxylic acid groups (broad SMARTS) is 1. The zero-order valence-electron chi connectivity index (χ0n) is 14.4. The predicted octanol–water partition coefficient (Wildman–Crippen LogP) is 4.73. The van der Waals surface area contributed by atoms with E-state index in [1.165, 1.54) is 11.6 Å². The number of hydrogen-bond acceptors (Lipinski definition) is 2. The highest BCUT2D eigenvalue weighted by Crippen LogP contribution is 2.31. The van der Waals surface area contributed by atoms with Crippen LogP contribution in [0.1, 0.15) is 26.3 Å². The van der Waals surface area contributed by atoms with Crippen LogP contribution < -0.4 is 4.74 Å². The fraction of sp³-hybridized carbons (Fsp3) is 0.250. The second-order valence-electron chi connectivity index (χ2n) is 7.07. The molecule has 0 bridgehead atoms. The molecule has 1 aromatic heterocycles. The molecule has 3 aromatic rings. The van der Waals surface area contributed by atoms with Gasteiger partial charge in [0.1, 0.15) is 5.75 Å². The Bertz CT molecular complexity index is 938. The summed E-state index contributed by atoms with van der Waals surface area (Å²) in [7, 11) is 0. The molecule has 4 nitrogen and oxygen atoms in total. The van der Waals surface area contributed by atoms with E-state index in [1.54, 1.807) is 6.07 Å². The minimum atomic E-state index is -1.10. The van der Waals surface area contributed by atoms with Crippen LogP contribution in [0.5, 0.6) is 5.75 Å². The Morgan fingerprint density at radius 2 is 1.96 bits per heavy atom. The van der Waals surface area contributed by atoms with Gasteiger partial charge in [0.15, 0.2) is 12.4 Å². The Hall–Kier alpha value is -2.82. The van der Waals surface area contributed by atoms with Gasteiger partial charge < -0.3 is 14.8 Å².